The maximum absolute atomic E-state index is 13.1. The lowest BCUT2D eigenvalue weighted by atomic mass is 10.1. The summed E-state index contributed by atoms with van der Waals surface area (Å²) in [6, 6.07) is 10.5. The van der Waals surface area contributed by atoms with Crippen molar-refractivity contribution in [3.05, 3.63) is 59.4 Å². The van der Waals surface area contributed by atoms with Crippen molar-refractivity contribution in [2.45, 2.75) is 18.3 Å². The van der Waals surface area contributed by atoms with E-state index in [0.717, 1.165) is 0 Å². The summed E-state index contributed by atoms with van der Waals surface area (Å²) in [7, 11) is -3.61. The van der Waals surface area contributed by atoms with Gasteiger partial charge in [-0.3, -0.25) is 0 Å². The zero-order valence-electron chi connectivity index (χ0n) is 13.3. The molecule has 134 valence electrons. The lowest BCUT2D eigenvalue weighted by Gasteiger charge is -2.12. The van der Waals surface area contributed by atoms with Crippen LogP contribution in [0.3, 0.4) is 0 Å². The largest absolute Gasteiger partial charge is 0.454 e. The normalized spacial score (nSPS) is 14.5. The molecule has 1 heterocycles. The number of halogens is 1. The Kier molecular flexibility index (Phi) is 5.22. The number of ether oxygens (including phenoxy) is 2. The molecule has 0 aliphatic carbocycles. The van der Waals surface area contributed by atoms with Crippen LogP contribution in [0.2, 0.25) is 0 Å². The summed E-state index contributed by atoms with van der Waals surface area (Å²) >= 11 is 0. The number of nitrogens with one attached hydrogen (secondary N) is 1. The third-order valence-corrected chi connectivity index (χ3v) is 5.12. The van der Waals surface area contributed by atoms with Gasteiger partial charge in [0.2, 0.25) is 16.8 Å². The Hall–Kier alpha value is -2.16. The predicted molar refractivity (Wildman–Crippen MR) is 89.2 cm³/mol. The minimum atomic E-state index is -3.61. The molecule has 0 saturated carbocycles. The van der Waals surface area contributed by atoms with E-state index in [4.69, 9.17) is 9.47 Å². The number of aliphatic hydroxyl groups excluding tert-OH is 1. The van der Waals surface area contributed by atoms with E-state index in [1.807, 2.05) is 0 Å². The molecule has 1 unspecified atom stereocenters. The Labute approximate surface area is 145 Å². The standard InChI is InChI=1S/C17H18FNO5S/c18-14-3-1-2-12(8-14)10-25(21,22)19-7-6-15(20)13-4-5-16-17(9-13)24-11-23-16/h1-5,8-9,15,19-20H,6-7,10-11H2. The lowest BCUT2D eigenvalue weighted by molar-refractivity contribution is 0.166. The van der Waals surface area contributed by atoms with Gasteiger partial charge in [-0.05, 0) is 41.8 Å². The summed E-state index contributed by atoms with van der Waals surface area (Å²) < 4.78 is 50.0. The highest BCUT2D eigenvalue weighted by Gasteiger charge is 2.17. The van der Waals surface area contributed by atoms with Crippen LogP contribution in [0.5, 0.6) is 11.5 Å². The van der Waals surface area contributed by atoms with Crippen LogP contribution < -0.4 is 14.2 Å². The number of aliphatic hydroxyl groups is 1. The average Bonchev–Trinajstić information content (AvgIpc) is 3.01. The third kappa shape index (κ3) is 4.68. The molecule has 0 radical (unpaired) electrons. The number of hydrogen-bond acceptors (Lipinski definition) is 5. The third-order valence-electron chi connectivity index (χ3n) is 3.77. The van der Waals surface area contributed by atoms with E-state index in [-0.39, 0.29) is 25.5 Å². The number of fused-ring (bicyclic) bond motifs is 1. The predicted octanol–water partition coefficient (Wildman–Crippen LogP) is 2.10. The minimum Gasteiger partial charge on any atom is -0.454 e. The highest BCUT2D eigenvalue weighted by Crippen LogP contribution is 2.34. The molecule has 0 aromatic heterocycles. The van der Waals surface area contributed by atoms with E-state index < -0.39 is 21.9 Å². The number of benzene rings is 2. The van der Waals surface area contributed by atoms with Crippen molar-refractivity contribution < 1.29 is 27.4 Å². The number of sulfonamides is 1. The van der Waals surface area contributed by atoms with E-state index in [1.165, 1.54) is 18.2 Å². The van der Waals surface area contributed by atoms with E-state index in [0.29, 0.717) is 22.6 Å². The molecule has 0 spiro atoms. The summed E-state index contributed by atoms with van der Waals surface area (Å²) in [4.78, 5) is 0. The van der Waals surface area contributed by atoms with Gasteiger partial charge in [-0.15, -0.1) is 0 Å². The molecule has 0 fully saturated rings. The van der Waals surface area contributed by atoms with E-state index in [1.54, 1.807) is 24.3 Å². The van der Waals surface area contributed by atoms with Crippen molar-refractivity contribution in [2.24, 2.45) is 0 Å². The fourth-order valence-corrected chi connectivity index (χ4v) is 3.68. The Morgan fingerprint density at radius 1 is 1.16 bits per heavy atom. The summed E-state index contributed by atoms with van der Waals surface area (Å²) in [5.74, 6) is 0.381. The second-order valence-corrected chi connectivity index (χ2v) is 7.51. The molecule has 25 heavy (non-hydrogen) atoms. The topological polar surface area (TPSA) is 84.9 Å². The maximum Gasteiger partial charge on any atom is 0.231 e. The van der Waals surface area contributed by atoms with Crippen LogP contribution in [-0.4, -0.2) is 26.9 Å². The molecular formula is C17H18FNO5S. The Morgan fingerprint density at radius 3 is 2.76 bits per heavy atom. The minimum absolute atomic E-state index is 0.0628. The quantitative estimate of drug-likeness (QED) is 0.783. The van der Waals surface area contributed by atoms with Crippen LogP contribution in [0.4, 0.5) is 4.39 Å². The van der Waals surface area contributed by atoms with Gasteiger partial charge in [-0.25, -0.2) is 17.5 Å². The zero-order valence-corrected chi connectivity index (χ0v) is 14.1. The van der Waals surface area contributed by atoms with Gasteiger partial charge in [-0.1, -0.05) is 18.2 Å². The smallest absolute Gasteiger partial charge is 0.231 e. The molecule has 1 aliphatic heterocycles. The van der Waals surface area contributed by atoms with Gasteiger partial charge in [0.1, 0.15) is 5.82 Å². The monoisotopic (exact) mass is 367 g/mol. The van der Waals surface area contributed by atoms with Gasteiger partial charge in [0, 0.05) is 6.54 Å². The van der Waals surface area contributed by atoms with Crippen LogP contribution in [0.1, 0.15) is 23.7 Å². The summed E-state index contributed by atoms with van der Waals surface area (Å²) in [6.07, 6.45) is -0.645. The lowest BCUT2D eigenvalue weighted by Crippen LogP contribution is -2.27. The molecular weight excluding hydrogens is 349 g/mol. The van der Waals surface area contributed by atoms with Gasteiger partial charge in [-0.2, -0.15) is 0 Å². The van der Waals surface area contributed by atoms with E-state index >= 15 is 0 Å². The van der Waals surface area contributed by atoms with Crippen LogP contribution in [-0.2, 0) is 15.8 Å². The van der Waals surface area contributed by atoms with Crippen molar-refractivity contribution >= 4 is 10.0 Å². The zero-order chi connectivity index (χ0) is 17.9. The van der Waals surface area contributed by atoms with Crippen molar-refractivity contribution in [3.63, 3.8) is 0 Å². The van der Waals surface area contributed by atoms with E-state index in [9.17, 15) is 17.9 Å². The van der Waals surface area contributed by atoms with Crippen molar-refractivity contribution in [2.75, 3.05) is 13.3 Å². The highest BCUT2D eigenvalue weighted by atomic mass is 32.2. The molecule has 3 rings (SSSR count). The molecule has 0 amide bonds. The second-order valence-electron chi connectivity index (χ2n) is 5.70. The summed E-state index contributed by atoms with van der Waals surface area (Å²) in [6.45, 7) is 0.210. The fraction of sp³-hybridized carbons (Fsp3) is 0.294. The van der Waals surface area contributed by atoms with Gasteiger partial charge >= 0.3 is 0 Å². The van der Waals surface area contributed by atoms with Gasteiger partial charge in [0.25, 0.3) is 0 Å². The molecule has 0 saturated heterocycles. The van der Waals surface area contributed by atoms with Crippen molar-refractivity contribution in [1.82, 2.24) is 4.72 Å². The second kappa shape index (κ2) is 7.38. The summed E-state index contributed by atoms with van der Waals surface area (Å²) in [5, 5.41) is 10.2. The Bertz CT molecular complexity index is 856. The van der Waals surface area contributed by atoms with Crippen molar-refractivity contribution in [3.8, 4) is 11.5 Å². The molecule has 1 aliphatic rings. The first-order valence-corrected chi connectivity index (χ1v) is 9.37. The molecule has 2 aromatic rings. The highest BCUT2D eigenvalue weighted by molar-refractivity contribution is 7.88. The number of rotatable bonds is 7. The van der Waals surface area contributed by atoms with Gasteiger partial charge < -0.3 is 14.6 Å². The Morgan fingerprint density at radius 2 is 1.96 bits per heavy atom. The fourth-order valence-electron chi connectivity index (χ4n) is 2.54. The molecule has 0 bridgehead atoms. The van der Waals surface area contributed by atoms with Gasteiger partial charge in [0.05, 0.1) is 11.9 Å². The van der Waals surface area contributed by atoms with Crippen LogP contribution in [0.15, 0.2) is 42.5 Å². The Balaban J connectivity index is 1.53. The first-order chi connectivity index (χ1) is 11.9. The molecule has 6 nitrogen and oxygen atoms in total. The maximum atomic E-state index is 13.1. The number of hydrogen-bond donors (Lipinski definition) is 2. The van der Waals surface area contributed by atoms with Gasteiger partial charge in [0.15, 0.2) is 11.5 Å². The SMILES string of the molecule is O=S(=O)(Cc1cccc(F)c1)NCCC(O)c1ccc2c(c1)OCO2. The molecule has 2 N–H and O–H groups in total. The first-order valence-electron chi connectivity index (χ1n) is 7.72. The molecule has 1 atom stereocenters. The average molecular weight is 367 g/mol. The summed E-state index contributed by atoms with van der Waals surface area (Å²) in [5.41, 5.74) is 0.984. The first kappa shape index (κ1) is 17.7. The van der Waals surface area contributed by atoms with Crippen LogP contribution in [0, 0.1) is 5.82 Å². The molecule has 8 heteroatoms. The molecule has 2 aromatic carbocycles. The van der Waals surface area contributed by atoms with E-state index in [2.05, 4.69) is 4.72 Å². The van der Waals surface area contributed by atoms with Crippen LogP contribution >= 0.6 is 0 Å². The van der Waals surface area contributed by atoms with Crippen LogP contribution in [0.25, 0.3) is 0 Å². The van der Waals surface area contributed by atoms with Crippen molar-refractivity contribution in [1.29, 1.82) is 0 Å².